The van der Waals surface area contributed by atoms with Crippen molar-refractivity contribution in [1.82, 2.24) is 14.9 Å². The number of aromatic amines is 1. The van der Waals surface area contributed by atoms with Crippen LogP contribution in [0.4, 0.5) is 4.39 Å². The molecule has 1 N–H and O–H groups in total. The van der Waals surface area contributed by atoms with Crippen molar-refractivity contribution >= 4 is 18.4 Å². The Bertz CT molecular complexity index is 836. The van der Waals surface area contributed by atoms with Gasteiger partial charge in [0.15, 0.2) is 5.82 Å². The lowest BCUT2D eigenvalue weighted by atomic mass is 10.2. The zero-order valence-corrected chi connectivity index (χ0v) is 11.7. The van der Waals surface area contributed by atoms with E-state index in [2.05, 4.69) is 15.3 Å². The molecule has 0 fully saturated rings. The minimum Gasteiger partial charge on any atom is -0.250 e. The summed E-state index contributed by atoms with van der Waals surface area (Å²) in [4.78, 5) is 0. The monoisotopic (exact) mass is 298 g/mol. The maximum atomic E-state index is 13.1. The molecule has 0 radical (unpaired) electrons. The highest BCUT2D eigenvalue weighted by Crippen LogP contribution is 2.16. The van der Waals surface area contributed by atoms with Crippen LogP contribution in [0, 0.1) is 10.6 Å². The smallest absolute Gasteiger partial charge is 0.216 e. The third-order valence-electron chi connectivity index (χ3n) is 2.85. The summed E-state index contributed by atoms with van der Waals surface area (Å²) in [5.41, 5.74) is 1.54. The average molecular weight is 298 g/mol. The first-order chi connectivity index (χ1) is 10.2. The molecule has 1 heterocycles. The van der Waals surface area contributed by atoms with E-state index in [1.165, 1.54) is 16.8 Å². The summed E-state index contributed by atoms with van der Waals surface area (Å²) < 4.78 is 15.0. The van der Waals surface area contributed by atoms with Crippen molar-refractivity contribution in [2.24, 2.45) is 5.10 Å². The fourth-order valence-electron chi connectivity index (χ4n) is 1.88. The van der Waals surface area contributed by atoms with Crippen molar-refractivity contribution in [3.63, 3.8) is 0 Å². The highest BCUT2D eigenvalue weighted by Gasteiger charge is 2.06. The Morgan fingerprint density at radius 3 is 2.71 bits per heavy atom. The first kappa shape index (κ1) is 13.4. The molecule has 0 bridgehead atoms. The summed E-state index contributed by atoms with van der Waals surface area (Å²) in [7, 11) is 0. The van der Waals surface area contributed by atoms with Crippen LogP contribution in [-0.2, 0) is 0 Å². The molecule has 0 saturated heterocycles. The lowest BCUT2D eigenvalue weighted by molar-refractivity contribution is 0.627. The van der Waals surface area contributed by atoms with E-state index < -0.39 is 0 Å². The third kappa shape index (κ3) is 2.95. The summed E-state index contributed by atoms with van der Waals surface area (Å²) in [6.07, 6.45) is 1.54. The van der Waals surface area contributed by atoms with E-state index in [0.29, 0.717) is 16.2 Å². The number of nitrogens with one attached hydrogen (secondary N) is 1. The highest BCUT2D eigenvalue weighted by atomic mass is 32.1. The van der Waals surface area contributed by atoms with Crippen LogP contribution in [0.2, 0.25) is 0 Å². The number of benzene rings is 2. The molecule has 2 aromatic carbocycles. The first-order valence-corrected chi connectivity index (χ1v) is 6.67. The minimum absolute atomic E-state index is 0.307. The zero-order valence-electron chi connectivity index (χ0n) is 10.9. The van der Waals surface area contributed by atoms with Crippen LogP contribution >= 0.6 is 12.2 Å². The molecule has 0 aliphatic carbocycles. The molecular formula is C15H11FN4S. The SMILES string of the molecule is Fc1cccc(/C=N/n2c(-c3ccccc3)n[nH]c2=S)c1. The van der Waals surface area contributed by atoms with E-state index in [9.17, 15) is 4.39 Å². The predicted octanol–water partition coefficient (Wildman–Crippen LogP) is 3.63. The van der Waals surface area contributed by atoms with E-state index in [-0.39, 0.29) is 5.82 Å². The molecule has 0 spiro atoms. The van der Waals surface area contributed by atoms with Crippen LogP contribution in [-0.4, -0.2) is 21.1 Å². The number of rotatable bonds is 3. The maximum absolute atomic E-state index is 13.1. The molecule has 3 rings (SSSR count). The normalized spacial score (nSPS) is 11.1. The van der Waals surface area contributed by atoms with Gasteiger partial charge < -0.3 is 0 Å². The van der Waals surface area contributed by atoms with Crippen LogP contribution in [0.1, 0.15) is 5.56 Å². The Kier molecular flexibility index (Phi) is 3.70. The van der Waals surface area contributed by atoms with Gasteiger partial charge in [-0.15, -0.1) is 0 Å². The van der Waals surface area contributed by atoms with Crippen LogP contribution in [0.5, 0.6) is 0 Å². The van der Waals surface area contributed by atoms with Crippen molar-refractivity contribution in [2.75, 3.05) is 0 Å². The Morgan fingerprint density at radius 2 is 1.95 bits per heavy atom. The van der Waals surface area contributed by atoms with Gasteiger partial charge in [-0.25, -0.2) is 9.49 Å². The van der Waals surface area contributed by atoms with Gasteiger partial charge in [0.1, 0.15) is 5.82 Å². The van der Waals surface area contributed by atoms with Gasteiger partial charge in [-0.05, 0) is 29.9 Å². The molecule has 6 heteroatoms. The van der Waals surface area contributed by atoms with Gasteiger partial charge in [-0.2, -0.15) is 14.9 Å². The Labute approximate surface area is 125 Å². The third-order valence-corrected chi connectivity index (χ3v) is 3.12. The highest BCUT2D eigenvalue weighted by molar-refractivity contribution is 7.71. The number of H-pyrrole nitrogens is 1. The quantitative estimate of drug-likeness (QED) is 0.593. The summed E-state index contributed by atoms with van der Waals surface area (Å²) in [6, 6.07) is 15.7. The lowest BCUT2D eigenvalue weighted by Crippen LogP contribution is -1.95. The first-order valence-electron chi connectivity index (χ1n) is 6.27. The van der Waals surface area contributed by atoms with Crippen LogP contribution in [0.15, 0.2) is 59.7 Å². The molecule has 0 atom stereocenters. The Hall–Kier alpha value is -2.60. The molecule has 0 unspecified atom stereocenters. The van der Waals surface area contributed by atoms with E-state index >= 15 is 0 Å². The molecule has 0 amide bonds. The van der Waals surface area contributed by atoms with Crippen LogP contribution < -0.4 is 0 Å². The summed E-state index contributed by atoms with van der Waals surface area (Å²) in [6.45, 7) is 0. The van der Waals surface area contributed by atoms with Crippen molar-refractivity contribution in [3.05, 3.63) is 70.7 Å². The van der Waals surface area contributed by atoms with Crippen LogP contribution in [0.25, 0.3) is 11.4 Å². The van der Waals surface area contributed by atoms with E-state index in [0.717, 1.165) is 5.56 Å². The lowest BCUT2D eigenvalue weighted by Gasteiger charge is -2.00. The number of hydrogen-bond acceptors (Lipinski definition) is 3. The Balaban J connectivity index is 2.00. The van der Waals surface area contributed by atoms with Gasteiger partial charge in [0, 0.05) is 5.56 Å². The second kappa shape index (κ2) is 5.80. The van der Waals surface area contributed by atoms with Crippen molar-refractivity contribution < 1.29 is 4.39 Å². The maximum Gasteiger partial charge on any atom is 0.216 e. The molecule has 0 saturated carbocycles. The fourth-order valence-corrected chi connectivity index (χ4v) is 2.06. The average Bonchev–Trinajstić information content (AvgIpc) is 2.87. The van der Waals surface area contributed by atoms with E-state index in [1.54, 1.807) is 18.3 Å². The second-order valence-electron chi connectivity index (χ2n) is 4.33. The number of hydrogen-bond donors (Lipinski definition) is 1. The zero-order chi connectivity index (χ0) is 14.7. The molecular weight excluding hydrogens is 287 g/mol. The topological polar surface area (TPSA) is 46.0 Å². The van der Waals surface area contributed by atoms with Crippen LogP contribution in [0.3, 0.4) is 0 Å². The fraction of sp³-hybridized carbons (Fsp3) is 0. The van der Waals surface area contributed by atoms with E-state index in [1.807, 2.05) is 30.3 Å². The minimum atomic E-state index is -0.307. The molecule has 1 aromatic heterocycles. The predicted molar refractivity (Wildman–Crippen MR) is 82.2 cm³/mol. The number of nitrogens with zero attached hydrogens (tertiary/aromatic N) is 3. The standard InChI is InChI=1S/C15H11FN4S/c16-13-8-4-5-11(9-13)10-17-20-14(18-19-15(20)21)12-6-2-1-3-7-12/h1-10H,(H,19,21)/b17-10+. The molecule has 4 nitrogen and oxygen atoms in total. The van der Waals surface area contributed by atoms with Gasteiger partial charge in [0.05, 0.1) is 6.21 Å². The van der Waals surface area contributed by atoms with Gasteiger partial charge in [0.25, 0.3) is 0 Å². The van der Waals surface area contributed by atoms with Gasteiger partial charge in [-0.1, -0.05) is 42.5 Å². The van der Waals surface area contributed by atoms with Crippen molar-refractivity contribution in [3.8, 4) is 11.4 Å². The molecule has 21 heavy (non-hydrogen) atoms. The summed E-state index contributed by atoms with van der Waals surface area (Å²) in [5.74, 6) is 0.297. The van der Waals surface area contributed by atoms with Gasteiger partial charge >= 0.3 is 0 Å². The summed E-state index contributed by atoms with van der Waals surface area (Å²) >= 11 is 5.17. The number of halogens is 1. The Morgan fingerprint density at radius 1 is 1.14 bits per heavy atom. The van der Waals surface area contributed by atoms with Crippen molar-refractivity contribution in [1.29, 1.82) is 0 Å². The van der Waals surface area contributed by atoms with Crippen molar-refractivity contribution in [2.45, 2.75) is 0 Å². The van der Waals surface area contributed by atoms with Gasteiger partial charge in [-0.3, -0.25) is 0 Å². The molecule has 0 aliphatic heterocycles. The van der Waals surface area contributed by atoms with E-state index in [4.69, 9.17) is 12.2 Å². The summed E-state index contributed by atoms with van der Waals surface area (Å²) in [5, 5.41) is 11.2. The largest absolute Gasteiger partial charge is 0.250 e. The van der Waals surface area contributed by atoms with Gasteiger partial charge in [0.2, 0.25) is 4.77 Å². The second-order valence-corrected chi connectivity index (χ2v) is 4.72. The molecule has 0 aliphatic rings. The molecule has 104 valence electrons. The number of aromatic nitrogens is 3. The molecule has 3 aromatic rings.